The van der Waals surface area contributed by atoms with Crippen molar-refractivity contribution >= 4 is 11.9 Å². The van der Waals surface area contributed by atoms with Crippen LogP contribution in [0.4, 0.5) is 0 Å². The van der Waals surface area contributed by atoms with Crippen LogP contribution < -0.4 is 11.2 Å². The third-order valence-electron chi connectivity index (χ3n) is 5.17. The molecule has 162 valence electrons. The van der Waals surface area contributed by atoms with Crippen LogP contribution in [0.5, 0.6) is 0 Å². The van der Waals surface area contributed by atoms with E-state index in [0.29, 0.717) is 6.42 Å². The number of nitrogens with two attached hydrogens (primary N) is 1. The van der Waals surface area contributed by atoms with E-state index >= 15 is 0 Å². The monoisotopic (exact) mass is 423 g/mol. The lowest BCUT2D eigenvalue weighted by atomic mass is 9.82. The zero-order chi connectivity index (χ0) is 22.3. The number of hydrogen-bond donors (Lipinski definition) is 4. The number of hydrogen-bond acceptors (Lipinski definition) is 7. The molecule has 3 aromatic rings. The topological polar surface area (TPSA) is 143 Å². The number of nitrogens with zero attached hydrogens (tertiary/aromatic N) is 2. The zero-order valence-corrected chi connectivity index (χ0v) is 17.1. The van der Waals surface area contributed by atoms with Gasteiger partial charge in [-0.15, -0.1) is 0 Å². The molecule has 0 aliphatic rings. The molecular weight excluding hydrogens is 398 g/mol. The summed E-state index contributed by atoms with van der Waals surface area (Å²) in [6.07, 6.45) is 1.84. The number of nitrogens with one attached hydrogen (secondary N) is 2. The fourth-order valence-corrected chi connectivity index (χ4v) is 3.39. The van der Waals surface area contributed by atoms with Gasteiger partial charge in [0.15, 0.2) is 5.69 Å². The fraction of sp³-hybridized carbons (Fsp3) is 0.273. The van der Waals surface area contributed by atoms with E-state index in [2.05, 4.69) is 25.6 Å². The highest BCUT2D eigenvalue weighted by molar-refractivity contribution is 5.92. The number of aliphatic hydroxyl groups excluding tert-OH is 1. The van der Waals surface area contributed by atoms with Crippen LogP contribution in [0, 0.1) is 5.41 Å². The summed E-state index contributed by atoms with van der Waals surface area (Å²) in [4.78, 5) is 29.0. The number of aromatic amines is 1. The largest absolute Gasteiger partial charge is 0.395 e. The summed E-state index contributed by atoms with van der Waals surface area (Å²) in [6, 6.07) is 17.4. The lowest BCUT2D eigenvalue weighted by Crippen LogP contribution is -2.45. The normalized spacial score (nSPS) is 13.8. The molecule has 0 fully saturated rings. The Morgan fingerprint density at radius 2 is 1.84 bits per heavy atom. The highest BCUT2D eigenvalue weighted by Crippen LogP contribution is 2.26. The third-order valence-corrected chi connectivity index (χ3v) is 5.17. The number of aliphatic hydroxyl groups is 1. The quantitative estimate of drug-likeness (QED) is 0.383. The molecule has 0 spiro atoms. The minimum absolute atomic E-state index is 0.115. The van der Waals surface area contributed by atoms with E-state index in [1.807, 2.05) is 54.6 Å². The van der Waals surface area contributed by atoms with Gasteiger partial charge in [0.25, 0.3) is 5.91 Å². The maximum atomic E-state index is 12.5. The molecule has 9 heteroatoms. The lowest BCUT2D eigenvalue weighted by Gasteiger charge is -2.29. The summed E-state index contributed by atoms with van der Waals surface area (Å²) < 4.78 is 0. The van der Waals surface area contributed by atoms with Crippen LogP contribution in [0.2, 0.25) is 0 Å². The molecule has 0 radical (unpaired) electrons. The molecule has 0 aliphatic carbocycles. The molecule has 9 nitrogen and oxygen atoms in total. The summed E-state index contributed by atoms with van der Waals surface area (Å²) >= 11 is 0. The van der Waals surface area contributed by atoms with Crippen LogP contribution >= 0.6 is 0 Å². The average Bonchev–Trinajstić information content (AvgIpc) is 3.34. The number of carbonyl (C=O) groups excluding carboxylic acids is 2. The lowest BCUT2D eigenvalue weighted by molar-refractivity contribution is -0.158. The van der Waals surface area contributed by atoms with E-state index in [0.717, 1.165) is 16.7 Å². The molecule has 1 heterocycles. The Labute approximate surface area is 179 Å². The predicted molar refractivity (Wildman–Crippen MR) is 113 cm³/mol. The van der Waals surface area contributed by atoms with E-state index < -0.39 is 29.9 Å². The minimum atomic E-state index is -1.28. The second kappa shape index (κ2) is 9.96. The van der Waals surface area contributed by atoms with Crippen molar-refractivity contribution in [3.05, 3.63) is 72.1 Å². The first-order valence-electron chi connectivity index (χ1n) is 9.78. The number of amides is 1. The van der Waals surface area contributed by atoms with Crippen LogP contribution in [0.15, 0.2) is 60.8 Å². The Bertz CT molecular complexity index is 993. The van der Waals surface area contributed by atoms with Gasteiger partial charge < -0.3 is 15.3 Å². The standard InChI is InChI=1S/C22H25N5O4/c1-22(14-28,21(30)31-23)12-18(25-20(29)19-13-24-27-26-19)11-15-7-9-17(10-8-15)16-5-3-2-4-6-16/h2-10,13,18,28H,11-12,14,23H2,1H3,(H,25,29)(H,24,26,27)/t18-,22+/m1/s1. The van der Waals surface area contributed by atoms with E-state index in [1.165, 1.54) is 13.1 Å². The van der Waals surface area contributed by atoms with Gasteiger partial charge in [-0.25, -0.2) is 4.79 Å². The summed E-state index contributed by atoms with van der Waals surface area (Å²) in [5, 5.41) is 22.5. The molecular formula is C22H25N5O4. The molecule has 2 aromatic carbocycles. The van der Waals surface area contributed by atoms with Gasteiger partial charge in [-0.2, -0.15) is 21.3 Å². The average molecular weight is 423 g/mol. The number of benzene rings is 2. The van der Waals surface area contributed by atoms with Crippen molar-refractivity contribution in [2.45, 2.75) is 25.8 Å². The second-order valence-electron chi connectivity index (χ2n) is 7.62. The Kier molecular flexibility index (Phi) is 7.11. The van der Waals surface area contributed by atoms with Crippen molar-refractivity contribution in [3.8, 4) is 11.1 Å². The van der Waals surface area contributed by atoms with Crippen LogP contribution in [-0.2, 0) is 16.1 Å². The van der Waals surface area contributed by atoms with E-state index in [1.54, 1.807) is 0 Å². The Balaban J connectivity index is 1.80. The van der Waals surface area contributed by atoms with Gasteiger partial charge in [-0.3, -0.25) is 4.79 Å². The smallest absolute Gasteiger partial charge is 0.332 e. The second-order valence-corrected chi connectivity index (χ2v) is 7.62. The van der Waals surface area contributed by atoms with Crippen LogP contribution in [0.1, 0.15) is 29.4 Å². The summed E-state index contributed by atoms with van der Waals surface area (Å²) in [5.41, 5.74) is 1.96. The molecule has 5 N–H and O–H groups in total. The van der Waals surface area contributed by atoms with Crippen molar-refractivity contribution in [2.24, 2.45) is 11.3 Å². The summed E-state index contributed by atoms with van der Waals surface area (Å²) in [5.74, 6) is 3.84. The maximum Gasteiger partial charge on any atom is 0.332 e. The van der Waals surface area contributed by atoms with Gasteiger partial charge in [0.2, 0.25) is 0 Å². The van der Waals surface area contributed by atoms with Crippen molar-refractivity contribution in [3.63, 3.8) is 0 Å². The first-order valence-corrected chi connectivity index (χ1v) is 9.78. The van der Waals surface area contributed by atoms with Crippen LogP contribution in [-0.4, -0.2) is 45.0 Å². The first kappa shape index (κ1) is 22.1. The Morgan fingerprint density at radius 1 is 1.16 bits per heavy atom. The summed E-state index contributed by atoms with van der Waals surface area (Å²) in [6.45, 7) is 1.06. The van der Waals surface area contributed by atoms with Gasteiger partial charge >= 0.3 is 5.97 Å². The molecule has 0 aliphatic heterocycles. The molecule has 3 rings (SSSR count). The van der Waals surface area contributed by atoms with Crippen molar-refractivity contribution < 1.29 is 19.5 Å². The predicted octanol–water partition coefficient (Wildman–Crippen LogP) is 1.62. The zero-order valence-electron chi connectivity index (χ0n) is 17.1. The summed E-state index contributed by atoms with van der Waals surface area (Å²) in [7, 11) is 0. The highest BCUT2D eigenvalue weighted by atomic mass is 16.7. The van der Waals surface area contributed by atoms with Gasteiger partial charge in [0.05, 0.1) is 18.2 Å². The van der Waals surface area contributed by atoms with Gasteiger partial charge in [-0.05, 0) is 36.5 Å². The van der Waals surface area contributed by atoms with Crippen molar-refractivity contribution in [2.75, 3.05) is 6.61 Å². The number of carbonyl (C=O) groups is 2. The molecule has 2 atom stereocenters. The molecule has 0 unspecified atom stereocenters. The van der Waals surface area contributed by atoms with Crippen molar-refractivity contribution in [1.29, 1.82) is 0 Å². The highest BCUT2D eigenvalue weighted by Gasteiger charge is 2.37. The number of rotatable bonds is 9. The molecule has 1 aromatic heterocycles. The van der Waals surface area contributed by atoms with Crippen LogP contribution in [0.25, 0.3) is 11.1 Å². The van der Waals surface area contributed by atoms with Gasteiger partial charge in [-0.1, -0.05) is 54.6 Å². The van der Waals surface area contributed by atoms with E-state index in [-0.39, 0.29) is 12.1 Å². The minimum Gasteiger partial charge on any atom is -0.395 e. The Morgan fingerprint density at radius 3 is 2.42 bits per heavy atom. The number of aromatic nitrogens is 3. The van der Waals surface area contributed by atoms with Gasteiger partial charge in [0, 0.05) is 6.04 Å². The fourth-order valence-electron chi connectivity index (χ4n) is 3.39. The molecule has 31 heavy (non-hydrogen) atoms. The molecule has 0 bridgehead atoms. The molecule has 0 saturated heterocycles. The maximum absolute atomic E-state index is 12.5. The SMILES string of the molecule is C[C@@](CO)(C[C@@H](Cc1ccc(-c2ccccc2)cc1)NC(=O)c1cn[nH]n1)C(=O)ON. The first-order chi connectivity index (χ1) is 14.9. The Hall–Kier alpha value is -3.56. The third kappa shape index (κ3) is 5.53. The van der Waals surface area contributed by atoms with Gasteiger partial charge in [0.1, 0.15) is 0 Å². The molecule has 0 saturated carbocycles. The van der Waals surface area contributed by atoms with Crippen LogP contribution in [0.3, 0.4) is 0 Å². The number of H-pyrrole nitrogens is 1. The van der Waals surface area contributed by atoms with E-state index in [4.69, 9.17) is 5.90 Å². The van der Waals surface area contributed by atoms with Crippen molar-refractivity contribution in [1.82, 2.24) is 20.7 Å². The molecule has 1 amide bonds. The van der Waals surface area contributed by atoms with E-state index in [9.17, 15) is 14.7 Å².